The van der Waals surface area contributed by atoms with E-state index in [4.69, 9.17) is 0 Å². The van der Waals surface area contributed by atoms with Gasteiger partial charge in [0, 0.05) is 38.1 Å². The molecule has 0 spiro atoms. The molecule has 22 heavy (non-hydrogen) atoms. The van der Waals surface area contributed by atoms with Gasteiger partial charge >= 0.3 is 0 Å². The molecule has 116 valence electrons. The average Bonchev–Trinajstić information content (AvgIpc) is 2.88. The van der Waals surface area contributed by atoms with E-state index in [0.717, 1.165) is 19.0 Å². The lowest BCUT2D eigenvalue weighted by molar-refractivity contribution is 0.256. The van der Waals surface area contributed by atoms with Gasteiger partial charge in [0.05, 0.1) is 6.54 Å². The van der Waals surface area contributed by atoms with Crippen LogP contribution in [0.1, 0.15) is 24.0 Å². The molecule has 0 radical (unpaired) electrons. The van der Waals surface area contributed by atoms with E-state index in [9.17, 15) is 0 Å². The fourth-order valence-electron chi connectivity index (χ4n) is 3.76. The van der Waals surface area contributed by atoms with Crippen molar-refractivity contribution in [2.24, 2.45) is 5.92 Å². The maximum absolute atomic E-state index is 4.26. The summed E-state index contributed by atoms with van der Waals surface area (Å²) in [7, 11) is 0. The van der Waals surface area contributed by atoms with E-state index in [1.54, 1.807) is 0 Å². The molecule has 3 aliphatic rings. The van der Waals surface area contributed by atoms with Crippen LogP contribution < -0.4 is 5.32 Å². The molecule has 0 unspecified atom stereocenters. The van der Waals surface area contributed by atoms with Gasteiger partial charge in [0.25, 0.3) is 0 Å². The second kappa shape index (κ2) is 6.23. The van der Waals surface area contributed by atoms with Crippen LogP contribution in [0.15, 0.2) is 42.7 Å². The molecule has 0 amide bonds. The van der Waals surface area contributed by atoms with E-state index >= 15 is 0 Å². The lowest BCUT2D eigenvalue weighted by Crippen LogP contribution is -2.39. The maximum Gasteiger partial charge on any atom is 0.0659 e. The molecule has 3 fully saturated rings. The SMILES string of the molecule is c1cnn(Cc2ccc(CN3C[C@H]4CC[C@@H](C3)NC4)cc2)c1. The normalized spacial score (nSPS) is 25.3. The zero-order valence-electron chi connectivity index (χ0n) is 13.0. The van der Waals surface area contributed by atoms with E-state index < -0.39 is 0 Å². The maximum atomic E-state index is 4.26. The molecule has 1 N–H and O–H groups in total. The molecular weight excluding hydrogens is 272 g/mol. The lowest BCUT2D eigenvalue weighted by atomic mass is 9.97. The van der Waals surface area contributed by atoms with Crippen molar-refractivity contribution in [3.8, 4) is 0 Å². The molecule has 1 aromatic carbocycles. The van der Waals surface area contributed by atoms with Gasteiger partial charge in [0.2, 0.25) is 0 Å². The third kappa shape index (κ3) is 3.23. The Bertz CT molecular complexity index is 568. The molecule has 2 aromatic rings. The highest BCUT2D eigenvalue weighted by atomic mass is 15.3. The van der Waals surface area contributed by atoms with Crippen molar-refractivity contribution >= 4 is 0 Å². The Hall–Kier alpha value is -1.65. The summed E-state index contributed by atoms with van der Waals surface area (Å²) in [6.07, 6.45) is 6.59. The van der Waals surface area contributed by atoms with Gasteiger partial charge in [-0.1, -0.05) is 24.3 Å². The van der Waals surface area contributed by atoms with Crippen LogP contribution in [-0.2, 0) is 13.1 Å². The minimum atomic E-state index is 0.706. The Balaban J connectivity index is 1.38. The summed E-state index contributed by atoms with van der Waals surface area (Å²) in [4.78, 5) is 2.63. The highest BCUT2D eigenvalue weighted by Crippen LogP contribution is 2.22. The molecule has 4 heteroatoms. The molecule has 5 rings (SSSR count). The first-order valence-corrected chi connectivity index (χ1v) is 8.36. The largest absolute Gasteiger partial charge is 0.312 e. The fourth-order valence-corrected chi connectivity index (χ4v) is 3.76. The minimum Gasteiger partial charge on any atom is -0.312 e. The molecule has 2 bridgehead atoms. The molecule has 0 aliphatic carbocycles. The second-order valence-corrected chi connectivity index (χ2v) is 6.76. The van der Waals surface area contributed by atoms with Crippen LogP contribution in [0.25, 0.3) is 0 Å². The number of aromatic nitrogens is 2. The van der Waals surface area contributed by atoms with E-state index in [0.29, 0.717) is 6.04 Å². The van der Waals surface area contributed by atoms with Gasteiger partial charge in [-0.05, 0) is 42.5 Å². The third-order valence-corrected chi connectivity index (χ3v) is 4.95. The molecule has 2 atom stereocenters. The fraction of sp³-hybridized carbons (Fsp3) is 0.500. The van der Waals surface area contributed by atoms with E-state index in [1.807, 2.05) is 23.1 Å². The van der Waals surface area contributed by atoms with Crippen molar-refractivity contribution in [1.82, 2.24) is 20.0 Å². The van der Waals surface area contributed by atoms with Crippen molar-refractivity contribution in [2.45, 2.75) is 32.0 Å². The van der Waals surface area contributed by atoms with Crippen LogP contribution in [0.5, 0.6) is 0 Å². The third-order valence-electron chi connectivity index (χ3n) is 4.95. The number of benzene rings is 1. The summed E-state index contributed by atoms with van der Waals surface area (Å²) >= 11 is 0. The zero-order chi connectivity index (χ0) is 14.8. The molecule has 4 nitrogen and oxygen atoms in total. The topological polar surface area (TPSA) is 33.1 Å². The van der Waals surface area contributed by atoms with Crippen LogP contribution in [0.2, 0.25) is 0 Å². The monoisotopic (exact) mass is 296 g/mol. The quantitative estimate of drug-likeness (QED) is 0.938. The predicted octanol–water partition coefficient (Wildman–Crippen LogP) is 2.12. The molecule has 4 heterocycles. The summed E-state index contributed by atoms with van der Waals surface area (Å²) < 4.78 is 1.97. The van der Waals surface area contributed by atoms with E-state index in [-0.39, 0.29) is 0 Å². The van der Waals surface area contributed by atoms with Gasteiger partial charge in [-0.25, -0.2) is 0 Å². The molecule has 0 saturated carbocycles. The van der Waals surface area contributed by atoms with Gasteiger partial charge in [-0.2, -0.15) is 5.10 Å². The van der Waals surface area contributed by atoms with Crippen molar-refractivity contribution in [2.75, 3.05) is 19.6 Å². The summed E-state index contributed by atoms with van der Waals surface area (Å²) in [5.41, 5.74) is 2.73. The minimum absolute atomic E-state index is 0.706. The average molecular weight is 296 g/mol. The second-order valence-electron chi connectivity index (χ2n) is 6.76. The van der Waals surface area contributed by atoms with Gasteiger partial charge in [0.15, 0.2) is 0 Å². The molecular formula is C18H24N4. The Labute approximate surface area is 132 Å². The first kappa shape index (κ1) is 14.0. The van der Waals surface area contributed by atoms with Gasteiger partial charge < -0.3 is 5.32 Å². The van der Waals surface area contributed by atoms with Crippen molar-refractivity contribution in [1.29, 1.82) is 0 Å². The molecule has 1 aromatic heterocycles. The Morgan fingerprint density at radius 3 is 2.55 bits per heavy atom. The summed E-state index contributed by atoms with van der Waals surface area (Å²) in [5.74, 6) is 0.845. The van der Waals surface area contributed by atoms with Crippen molar-refractivity contribution in [3.63, 3.8) is 0 Å². The zero-order valence-corrected chi connectivity index (χ0v) is 13.0. The van der Waals surface area contributed by atoms with E-state index in [2.05, 4.69) is 39.6 Å². The molecule has 3 aliphatic heterocycles. The number of piperidine rings is 1. The van der Waals surface area contributed by atoms with E-state index in [1.165, 1.54) is 43.6 Å². The first-order chi connectivity index (χ1) is 10.8. The van der Waals surface area contributed by atoms with Gasteiger partial charge in [0.1, 0.15) is 0 Å². The van der Waals surface area contributed by atoms with Crippen molar-refractivity contribution in [3.05, 3.63) is 53.9 Å². The van der Waals surface area contributed by atoms with Crippen LogP contribution in [-0.4, -0.2) is 40.4 Å². The number of hydrogen-bond acceptors (Lipinski definition) is 3. The standard InChI is InChI=1S/C18H24N4/c1-8-20-22(9-1)13-16-4-2-15(3-5-16)11-21-12-17-6-7-18(14-21)19-10-17/h1-5,8-9,17-19H,6-7,10-14H2/t17-,18-/m0/s1. The van der Waals surface area contributed by atoms with Crippen LogP contribution in [0.3, 0.4) is 0 Å². The Morgan fingerprint density at radius 2 is 1.86 bits per heavy atom. The highest BCUT2D eigenvalue weighted by Gasteiger charge is 2.28. The predicted molar refractivity (Wildman–Crippen MR) is 87.6 cm³/mol. The summed E-state index contributed by atoms with van der Waals surface area (Å²) in [6.45, 7) is 5.59. The lowest BCUT2D eigenvalue weighted by Gasteiger charge is -2.23. The number of hydrogen-bond donors (Lipinski definition) is 1. The van der Waals surface area contributed by atoms with Gasteiger partial charge in [-0.3, -0.25) is 9.58 Å². The highest BCUT2D eigenvalue weighted by molar-refractivity contribution is 5.22. The number of nitrogens with zero attached hydrogens (tertiary/aromatic N) is 3. The van der Waals surface area contributed by atoms with Crippen LogP contribution >= 0.6 is 0 Å². The summed E-state index contributed by atoms with van der Waals surface area (Å²) in [5, 5.41) is 7.94. The summed E-state index contributed by atoms with van der Waals surface area (Å²) in [6, 6.07) is 11.7. The Kier molecular flexibility index (Phi) is 3.95. The number of fused-ring (bicyclic) bond motifs is 4. The first-order valence-electron chi connectivity index (χ1n) is 8.36. The Morgan fingerprint density at radius 1 is 1.05 bits per heavy atom. The van der Waals surface area contributed by atoms with Gasteiger partial charge in [-0.15, -0.1) is 0 Å². The number of rotatable bonds is 4. The van der Waals surface area contributed by atoms with Crippen molar-refractivity contribution < 1.29 is 0 Å². The number of nitrogens with one attached hydrogen (secondary N) is 1. The van der Waals surface area contributed by atoms with Crippen LogP contribution in [0, 0.1) is 5.92 Å². The van der Waals surface area contributed by atoms with Crippen LogP contribution in [0.4, 0.5) is 0 Å². The smallest absolute Gasteiger partial charge is 0.0659 e. The molecule has 3 saturated heterocycles.